The van der Waals surface area contributed by atoms with E-state index in [4.69, 9.17) is 15.7 Å². The maximum Gasteiger partial charge on any atom is 0.119 e. The maximum atomic E-state index is 11.1. The first kappa shape index (κ1) is 26.4. The predicted octanol–water partition coefficient (Wildman–Crippen LogP) is 8.90. The fraction of sp³-hybridized carbons (Fsp3) is 0.0244. The Hall–Kier alpha value is -5.27. The molecule has 0 aliphatic heterocycles. The highest BCUT2D eigenvalue weighted by atomic mass is 16.3. The fourth-order valence-electron chi connectivity index (χ4n) is 6.80. The van der Waals surface area contributed by atoms with Gasteiger partial charge < -0.3 is 5.11 Å². The standard InChI is InChI=1S/C41H26B2O/c1-24-18-33-34(21-37(24)42)41(31-17-9-14-25-12-5-7-15-29(25)31)35-22-38(43)39(44)23-36(35)40(33)28-19-27-13-6-8-16-30(27)32(20-28)26-10-3-2-4-11-26/h2-23,44H,1H3. The van der Waals surface area contributed by atoms with Gasteiger partial charge in [0.2, 0.25) is 0 Å². The van der Waals surface area contributed by atoms with Crippen LogP contribution >= 0.6 is 0 Å². The minimum Gasteiger partial charge on any atom is -0.509 e. The van der Waals surface area contributed by atoms with Crippen molar-refractivity contribution in [1.82, 2.24) is 0 Å². The second-order valence-corrected chi connectivity index (χ2v) is 11.6. The Morgan fingerprint density at radius 1 is 0.432 bits per heavy atom. The average Bonchev–Trinajstić information content (AvgIpc) is 3.05. The van der Waals surface area contributed by atoms with Gasteiger partial charge in [0.15, 0.2) is 0 Å². The van der Waals surface area contributed by atoms with Crippen molar-refractivity contribution in [2.75, 3.05) is 0 Å². The number of hydrogen-bond acceptors (Lipinski definition) is 1. The van der Waals surface area contributed by atoms with E-state index < -0.39 is 0 Å². The van der Waals surface area contributed by atoms with Gasteiger partial charge in [0.1, 0.15) is 21.4 Å². The molecule has 0 unspecified atom stereocenters. The van der Waals surface area contributed by atoms with Gasteiger partial charge in [0.05, 0.1) is 0 Å². The highest BCUT2D eigenvalue weighted by Gasteiger charge is 2.21. The molecule has 0 heterocycles. The van der Waals surface area contributed by atoms with Crippen molar-refractivity contribution in [2.45, 2.75) is 6.92 Å². The highest BCUT2D eigenvalue weighted by molar-refractivity contribution is 6.38. The molecule has 0 amide bonds. The molecule has 4 radical (unpaired) electrons. The minimum atomic E-state index is 0.0678. The molecule has 44 heavy (non-hydrogen) atoms. The smallest absolute Gasteiger partial charge is 0.119 e. The first-order valence-electron chi connectivity index (χ1n) is 14.8. The molecule has 8 aromatic carbocycles. The zero-order chi connectivity index (χ0) is 29.9. The van der Waals surface area contributed by atoms with Crippen LogP contribution in [0.1, 0.15) is 5.56 Å². The number of rotatable bonds is 3. The summed E-state index contributed by atoms with van der Waals surface area (Å²) >= 11 is 0. The first-order valence-corrected chi connectivity index (χ1v) is 14.8. The second kappa shape index (κ2) is 10.2. The van der Waals surface area contributed by atoms with Gasteiger partial charge in [-0.1, -0.05) is 132 Å². The maximum absolute atomic E-state index is 11.1. The Bertz CT molecular complexity index is 2350. The lowest BCUT2D eigenvalue weighted by atomic mass is 9.78. The van der Waals surface area contributed by atoms with Crippen molar-refractivity contribution in [2.24, 2.45) is 0 Å². The molecule has 0 aliphatic carbocycles. The molecule has 0 spiro atoms. The van der Waals surface area contributed by atoms with Gasteiger partial charge in [-0.25, -0.2) is 0 Å². The van der Waals surface area contributed by atoms with Crippen LogP contribution in [-0.4, -0.2) is 20.8 Å². The molecule has 0 aliphatic rings. The molecule has 3 heteroatoms. The Kier molecular flexibility index (Phi) is 6.10. The molecule has 8 rings (SSSR count). The molecule has 0 saturated carbocycles. The molecule has 8 aromatic rings. The van der Waals surface area contributed by atoms with Gasteiger partial charge in [-0.3, -0.25) is 0 Å². The summed E-state index contributed by atoms with van der Waals surface area (Å²) in [6.45, 7) is 2.05. The predicted molar refractivity (Wildman–Crippen MR) is 190 cm³/mol. The van der Waals surface area contributed by atoms with Gasteiger partial charge >= 0.3 is 0 Å². The molecule has 0 fully saturated rings. The molecular weight excluding hydrogens is 530 g/mol. The first-order chi connectivity index (χ1) is 21.5. The monoisotopic (exact) mass is 556 g/mol. The summed E-state index contributed by atoms with van der Waals surface area (Å²) in [5, 5.41) is 19.7. The van der Waals surface area contributed by atoms with E-state index in [-0.39, 0.29) is 5.75 Å². The summed E-state index contributed by atoms with van der Waals surface area (Å²) in [4.78, 5) is 0. The van der Waals surface area contributed by atoms with Crippen LogP contribution in [-0.2, 0) is 0 Å². The lowest BCUT2D eigenvalue weighted by molar-refractivity contribution is 0.480. The van der Waals surface area contributed by atoms with E-state index in [1.54, 1.807) is 0 Å². The Labute approximate surface area is 259 Å². The number of phenolic OH excluding ortho intramolecular Hbond substituents is 1. The summed E-state index contributed by atoms with van der Waals surface area (Å²) in [6.07, 6.45) is 0. The summed E-state index contributed by atoms with van der Waals surface area (Å²) in [7, 11) is 13.1. The molecule has 0 saturated heterocycles. The van der Waals surface area contributed by atoms with E-state index in [1.807, 2.05) is 18.2 Å². The molecular formula is C41H26B2O. The third-order valence-electron chi connectivity index (χ3n) is 8.94. The quantitative estimate of drug-likeness (QED) is 0.170. The summed E-state index contributed by atoms with van der Waals surface area (Å²) < 4.78 is 0. The molecule has 1 N–H and O–H groups in total. The molecule has 0 atom stereocenters. The van der Waals surface area contributed by atoms with Crippen LogP contribution < -0.4 is 10.9 Å². The van der Waals surface area contributed by atoms with Crippen molar-refractivity contribution >= 4 is 69.7 Å². The molecule has 0 aromatic heterocycles. The van der Waals surface area contributed by atoms with Crippen molar-refractivity contribution < 1.29 is 5.11 Å². The topological polar surface area (TPSA) is 20.2 Å². The summed E-state index contributed by atoms with van der Waals surface area (Å²) in [6, 6.07) is 46.4. The van der Waals surface area contributed by atoms with E-state index in [0.717, 1.165) is 82.1 Å². The van der Waals surface area contributed by atoms with Crippen LogP contribution in [0.5, 0.6) is 5.75 Å². The van der Waals surface area contributed by atoms with Gasteiger partial charge in [-0.15, -0.1) is 0 Å². The van der Waals surface area contributed by atoms with Crippen LogP contribution in [0.3, 0.4) is 0 Å². The van der Waals surface area contributed by atoms with Crippen molar-refractivity contribution in [3.63, 3.8) is 0 Å². The van der Waals surface area contributed by atoms with Gasteiger partial charge in [0, 0.05) is 0 Å². The van der Waals surface area contributed by atoms with Crippen LogP contribution in [0, 0.1) is 6.92 Å². The van der Waals surface area contributed by atoms with Gasteiger partial charge in [-0.05, 0) is 102 Å². The van der Waals surface area contributed by atoms with Gasteiger partial charge in [0.25, 0.3) is 0 Å². The number of aromatic hydroxyl groups is 1. The lowest BCUT2D eigenvalue weighted by Gasteiger charge is -2.22. The van der Waals surface area contributed by atoms with E-state index in [2.05, 4.69) is 122 Å². The number of benzene rings is 8. The average molecular weight is 556 g/mol. The molecule has 1 nitrogen and oxygen atoms in total. The third-order valence-corrected chi connectivity index (χ3v) is 8.94. The van der Waals surface area contributed by atoms with Crippen LogP contribution in [0.4, 0.5) is 0 Å². The van der Waals surface area contributed by atoms with E-state index in [9.17, 15) is 5.11 Å². The molecule has 0 bridgehead atoms. The zero-order valence-corrected chi connectivity index (χ0v) is 24.3. The van der Waals surface area contributed by atoms with Crippen molar-refractivity contribution in [3.05, 3.63) is 139 Å². The number of fused-ring (bicyclic) bond motifs is 4. The number of hydrogen-bond donors (Lipinski definition) is 1. The Morgan fingerprint density at radius 3 is 1.80 bits per heavy atom. The largest absolute Gasteiger partial charge is 0.509 e. The number of phenols is 1. The van der Waals surface area contributed by atoms with Crippen molar-refractivity contribution in [3.8, 4) is 39.1 Å². The van der Waals surface area contributed by atoms with Crippen molar-refractivity contribution in [1.29, 1.82) is 0 Å². The lowest BCUT2D eigenvalue weighted by Crippen LogP contribution is -2.08. The van der Waals surface area contributed by atoms with E-state index in [1.165, 1.54) is 5.39 Å². The van der Waals surface area contributed by atoms with E-state index >= 15 is 0 Å². The molecule has 202 valence electrons. The SMILES string of the molecule is [B]c1cc2c(-c3cccc4ccccc34)c3cc([B])c(O)cc3c(-c3cc(-c4ccccc4)c4ccccc4c3)c2cc1C. The van der Waals surface area contributed by atoms with Crippen LogP contribution in [0.15, 0.2) is 133 Å². The highest BCUT2D eigenvalue weighted by Crippen LogP contribution is 2.47. The van der Waals surface area contributed by atoms with Crippen LogP contribution in [0.25, 0.3) is 76.5 Å². The van der Waals surface area contributed by atoms with Gasteiger partial charge in [-0.2, -0.15) is 0 Å². The Balaban J connectivity index is 1.59. The Morgan fingerprint density at radius 2 is 1.02 bits per heavy atom. The van der Waals surface area contributed by atoms with E-state index in [0.29, 0.717) is 5.46 Å². The minimum absolute atomic E-state index is 0.0678. The number of aryl methyl sites for hydroxylation is 1. The summed E-state index contributed by atoms with van der Waals surface area (Å²) in [5.74, 6) is 0.0678. The summed E-state index contributed by atoms with van der Waals surface area (Å²) in [5.41, 5.74) is 8.65. The fourth-order valence-corrected chi connectivity index (χ4v) is 6.80. The second-order valence-electron chi connectivity index (χ2n) is 11.6. The normalized spacial score (nSPS) is 11.6. The van der Waals surface area contributed by atoms with Crippen LogP contribution in [0.2, 0.25) is 0 Å². The zero-order valence-electron chi connectivity index (χ0n) is 24.3. The third kappa shape index (κ3) is 4.12.